The van der Waals surface area contributed by atoms with Crippen LogP contribution >= 0.6 is 0 Å². The molecule has 1 aliphatic rings. The maximum absolute atomic E-state index is 13.2. The highest BCUT2D eigenvalue weighted by atomic mass is 16.6. The first-order valence-electron chi connectivity index (χ1n) is 9.40. The van der Waals surface area contributed by atoms with Crippen molar-refractivity contribution in [2.24, 2.45) is 0 Å². The van der Waals surface area contributed by atoms with Crippen molar-refractivity contribution in [1.82, 2.24) is 14.2 Å². The SMILES string of the molecule is O=c1c2c(CO)c(-c3ccccc3)nn2ccn1C[C@H]1COc2ccccc2O1. The first-order chi connectivity index (χ1) is 14.2. The van der Waals surface area contributed by atoms with E-state index in [1.54, 1.807) is 17.0 Å². The molecule has 0 spiro atoms. The van der Waals surface area contributed by atoms with Gasteiger partial charge in [-0.05, 0) is 12.1 Å². The molecule has 1 atom stereocenters. The number of ether oxygens (including phenoxy) is 2. The van der Waals surface area contributed by atoms with E-state index in [-0.39, 0.29) is 18.3 Å². The summed E-state index contributed by atoms with van der Waals surface area (Å²) in [5.74, 6) is 1.38. The third-order valence-corrected chi connectivity index (χ3v) is 5.03. The van der Waals surface area contributed by atoms with Crippen molar-refractivity contribution < 1.29 is 14.6 Å². The van der Waals surface area contributed by atoms with Crippen LogP contribution in [0.2, 0.25) is 0 Å². The van der Waals surface area contributed by atoms with Gasteiger partial charge < -0.3 is 19.1 Å². The smallest absolute Gasteiger partial charge is 0.277 e. The summed E-state index contributed by atoms with van der Waals surface area (Å²) in [7, 11) is 0. The normalized spacial score (nSPS) is 15.6. The van der Waals surface area contributed by atoms with Gasteiger partial charge in [-0.3, -0.25) is 4.79 Å². The molecule has 0 bridgehead atoms. The Morgan fingerprint density at radius 2 is 1.79 bits per heavy atom. The Bertz CT molecular complexity index is 1230. The average molecular weight is 389 g/mol. The quantitative estimate of drug-likeness (QED) is 0.580. The Balaban J connectivity index is 1.52. The molecular weight excluding hydrogens is 370 g/mol. The molecule has 1 aliphatic heterocycles. The number of fused-ring (bicyclic) bond motifs is 2. The Morgan fingerprint density at radius 1 is 1.03 bits per heavy atom. The summed E-state index contributed by atoms with van der Waals surface area (Å²) < 4.78 is 14.8. The number of aromatic nitrogens is 3. The van der Waals surface area contributed by atoms with Crippen molar-refractivity contribution in [3.05, 3.63) is 82.9 Å². The summed E-state index contributed by atoms with van der Waals surface area (Å²) in [4.78, 5) is 13.2. The van der Waals surface area contributed by atoms with Crippen molar-refractivity contribution >= 4 is 5.52 Å². The molecule has 29 heavy (non-hydrogen) atoms. The van der Waals surface area contributed by atoms with E-state index in [0.29, 0.717) is 41.4 Å². The summed E-state index contributed by atoms with van der Waals surface area (Å²) in [6.07, 6.45) is 3.11. The van der Waals surface area contributed by atoms with Gasteiger partial charge in [0.1, 0.15) is 12.1 Å². The zero-order valence-corrected chi connectivity index (χ0v) is 15.6. The summed E-state index contributed by atoms with van der Waals surface area (Å²) in [6.45, 7) is 0.416. The lowest BCUT2D eigenvalue weighted by Gasteiger charge is -2.26. The fraction of sp³-hybridized carbons (Fsp3) is 0.182. The van der Waals surface area contributed by atoms with E-state index >= 15 is 0 Å². The van der Waals surface area contributed by atoms with Crippen molar-refractivity contribution in [3.63, 3.8) is 0 Å². The minimum absolute atomic E-state index is 0.228. The Hall–Kier alpha value is -3.58. The van der Waals surface area contributed by atoms with Crippen molar-refractivity contribution in [3.8, 4) is 22.8 Å². The first-order valence-corrected chi connectivity index (χ1v) is 9.40. The molecule has 2 aromatic heterocycles. The summed E-state index contributed by atoms with van der Waals surface area (Å²) >= 11 is 0. The highest BCUT2D eigenvalue weighted by Crippen LogP contribution is 2.31. The van der Waals surface area contributed by atoms with Gasteiger partial charge in [0, 0.05) is 23.5 Å². The number of rotatable bonds is 4. The van der Waals surface area contributed by atoms with Gasteiger partial charge in [-0.1, -0.05) is 42.5 Å². The molecule has 0 aliphatic carbocycles. The molecular formula is C22H19N3O4. The lowest BCUT2D eigenvalue weighted by Crippen LogP contribution is -2.36. The average Bonchev–Trinajstić information content (AvgIpc) is 3.16. The Labute approximate surface area is 166 Å². The molecule has 0 unspecified atom stereocenters. The van der Waals surface area contributed by atoms with E-state index in [1.165, 1.54) is 4.52 Å². The molecule has 4 aromatic rings. The minimum atomic E-state index is -0.292. The van der Waals surface area contributed by atoms with Crippen LogP contribution in [-0.2, 0) is 13.2 Å². The number of nitrogens with zero attached hydrogens (tertiary/aromatic N) is 3. The first kappa shape index (κ1) is 17.5. The lowest BCUT2D eigenvalue weighted by atomic mass is 10.1. The van der Waals surface area contributed by atoms with Crippen LogP contribution in [0.25, 0.3) is 16.8 Å². The van der Waals surface area contributed by atoms with Gasteiger partial charge >= 0.3 is 0 Å². The minimum Gasteiger partial charge on any atom is -0.486 e. The molecule has 0 saturated carbocycles. The van der Waals surface area contributed by atoms with Crippen LogP contribution in [0.1, 0.15) is 5.56 Å². The standard InChI is InChI=1S/C22H19N3O4/c26-13-17-20(15-6-2-1-3-7-15)23-25-11-10-24(22(27)21(17)25)12-16-14-28-18-8-4-5-9-19(18)29-16/h1-11,16,26H,12-14H2/t16-/m0/s1. The summed E-state index contributed by atoms with van der Waals surface area (Å²) in [5.41, 5.74) is 2.11. The van der Waals surface area contributed by atoms with Gasteiger partial charge in [-0.15, -0.1) is 0 Å². The van der Waals surface area contributed by atoms with Crippen LogP contribution in [-0.4, -0.2) is 32.0 Å². The largest absolute Gasteiger partial charge is 0.486 e. The predicted molar refractivity (Wildman–Crippen MR) is 107 cm³/mol. The molecule has 3 heterocycles. The van der Waals surface area contributed by atoms with E-state index in [1.807, 2.05) is 54.6 Å². The second-order valence-corrected chi connectivity index (χ2v) is 6.90. The molecule has 7 nitrogen and oxygen atoms in total. The number of para-hydroxylation sites is 2. The highest BCUT2D eigenvalue weighted by molar-refractivity contribution is 5.72. The van der Waals surface area contributed by atoms with E-state index in [2.05, 4.69) is 5.10 Å². The number of aliphatic hydroxyl groups excluding tert-OH is 1. The monoisotopic (exact) mass is 389 g/mol. The van der Waals surface area contributed by atoms with Gasteiger partial charge in [0.05, 0.1) is 18.8 Å². The van der Waals surface area contributed by atoms with Crippen LogP contribution in [0.4, 0.5) is 0 Å². The van der Waals surface area contributed by atoms with Crippen LogP contribution < -0.4 is 15.0 Å². The molecule has 0 amide bonds. The van der Waals surface area contributed by atoms with Gasteiger partial charge in [0.25, 0.3) is 5.56 Å². The second kappa shape index (κ2) is 7.10. The maximum Gasteiger partial charge on any atom is 0.277 e. The number of benzene rings is 2. The fourth-order valence-corrected chi connectivity index (χ4v) is 3.64. The highest BCUT2D eigenvalue weighted by Gasteiger charge is 2.23. The molecule has 0 fully saturated rings. The van der Waals surface area contributed by atoms with Crippen molar-refractivity contribution in [2.75, 3.05) is 6.61 Å². The van der Waals surface area contributed by atoms with E-state index in [9.17, 15) is 9.90 Å². The summed E-state index contributed by atoms with van der Waals surface area (Å²) in [6, 6.07) is 17.0. The number of hydrogen-bond acceptors (Lipinski definition) is 5. The number of aliphatic hydroxyl groups is 1. The third kappa shape index (κ3) is 3.05. The predicted octanol–water partition coefficient (Wildman–Crippen LogP) is 2.50. The van der Waals surface area contributed by atoms with Gasteiger partial charge in [-0.2, -0.15) is 5.10 Å². The van der Waals surface area contributed by atoms with Crippen molar-refractivity contribution in [2.45, 2.75) is 19.3 Å². The molecule has 5 rings (SSSR count). The van der Waals surface area contributed by atoms with E-state index in [0.717, 1.165) is 5.56 Å². The lowest BCUT2D eigenvalue weighted by molar-refractivity contribution is 0.0778. The van der Waals surface area contributed by atoms with Crippen molar-refractivity contribution in [1.29, 1.82) is 0 Å². The molecule has 0 saturated heterocycles. The van der Waals surface area contributed by atoms with Crippen LogP contribution in [0.3, 0.4) is 0 Å². The molecule has 0 radical (unpaired) electrons. The maximum atomic E-state index is 13.2. The second-order valence-electron chi connectivity index (χ2n) is 6.90. The zero-order valence-electron chi connectivity index (χ0n) is 15.6. The topological polar surface area (TPSA) is 78.0 Å². The van der Waals surface area contributed by atoms with Crippen LogP contribution in [0.15, 0.2) is 71.8 Å². The molecule has 1 N–H and O–H groups in total. The number of hydrogen-bond donors (Lipinski definition) is 1. The van der Waals surface area contributed by atoms with E-state index < -0.39 is 0 Å². The third-order valence-electron chi connectivity index (χ3n) is 5.03. The van der Waals surface area contributed by atoms with Crippen LogP contribution in [0.5, 0.6) is 11.5 Å². The Kier molecular flexibility index (Phi) is 4.29. The van der Waals surface area contributed by atoms with E-state index in [4.69, 9.17) is 9.47 Å². The summed E-state index contributed by atoms with van der Waals surface area (Å²) in [5, 5.41) is 14.5. The molecule has 146 valence electrons. The molecule has 2 aromatic carbocycles. The van der Waals surface area contributed by atoms with Crippen LogP contribution in [0, 0.1) is 0 Å². The van der Waals surface area contributed by atoms with Gasteiger partial charge in [0.2, 0.25) is 0 Å². The fourth-order valence-electron chi connectivity index (χ4n) is 3.64. The van der Waals surface area contributed by atoms with Gasteiger partial charge in [-0.25, -0.2) is 4.52 Å². The molecule has 7 heteroatoms. The Morgan fingerprint density at radius 3 is 2.59 bits per heavy atom. The zero-order chi connectivity index (χ0) is 19.8. The van der Waals surface area contributed by atoms with Gasteiger partial charge in [0.15, 0.2) is 17.6 Å².